The van der Waals surface area contributed by atoms with Gasteiger partial charge in [0, 0.05) is 42.8 Å². The summed E-state index contributed by atoms with van der Waals surface area (Å²) in [5.74, 6) is 0.607. The van der Waals surface area contributed by atoms with Crippen LogP contribution < -0.4 is 0 Å². The molecule has 0 aromatic carbocycles. The molecule has 1 fully saturated rings. The maximum Gasteiger partial charge on any atom is 0.270 e. The van der Waals surface area contributed by atoms with Gasteiger partial charge in [0.15, 0.2) is 0 Å². The maximum absolute atomic E-state index is 12.7. The zero-order chi connectivity index (χ0) is 14.5. The highest BCUT2D eigenvalue weighted by Crippen LogP contribution is 2.19. The van der Waals surface area contributed by atoms with Crippen LogP contribution in [0.1, 0.15) is 37.2 Å². The fourth-order valence-corrected chi connectivity index (χ4v) is 3.10. The van der Waals surface area contributed by atoms with Gasteiger partial charge in [-0.25, -0.2) is 0 Å². The molecule has 5 heteroatoms. The van der Waals surface area contributed by atoms with Gasteiger partial charge in [0.2, 0.25) is 0 Å². The van der Waals surface area contributed by atoms with Crippen LogP contribution in [0.15, 0.2) is 16.7 Å². The Hall–Kier alpha value is -0.810. The van der Waals surface area contributed by atoms with E-state index in [1.807, 2.05) is 28.7 Å². The third-order valence-corrected chi connectivity index (χ3v) is 4.15. The Balaban J connectivity index is 2.10. The Morgan fingerprint density at radius 1 is 1.55 bits per heavy atom. The lowest BCUT2D eigenvalue weighted by Crippen LogP contribution is -2.36. The minimum absolute atomic E-state index is 0.124. The number of carbonyl (C=O) groups is 1. The first-order chi connectivity index (χ1) is 9.65. The van der Waals surface area contributed by atoms with E-state index < -0.39 is 0 Å². The van der Waals surface area contributed by atoms with Crippen LogP contribution in [0, 0.1) is 5.92 Å². The van der Waals surface area contributed by atoms with E-state index >= 15 is 0 Å². The van der Waals surface area contributed by atoms with Gasteiger partial charge in [0.05, 0.1) is 6.61 Å². The zero-order valence-corrected chi connectivity index (χ0v) is 13.9. The number of nitrogens with zero attached hydrogens (tertiary/aromatic N) is 2. The van der Waals surface area contributed by atoms with Crippen LogP contribution in [0.25, 0.3) is 0 Å². The molecule has 20 heavy (non-hydrogen) atoms. The van der Waals surface area contributed by atoms with E-state index in [0.29, 0.717) is 5.92 Å². The Labute approximate surface area is 129 Å². The molecule has 1 amide bonds. The van der Waals surface area contributed by atoms with Crippen LogP contribution in [0.5, 0.6) is 0 Å². The van der Waals surface area contributed by atoms with Crippen LogP contribution >= 0.6 is 15.9 Å². The number of ether oxygens (including phenoxy) is 1. The summed E-state index contributed by atoms with van der Waals surface area (Å²) in [4.78, 5) is 14.7. The molecule has 1 saturated heterocycles. The third-order valence-electron chi connectivity index (χ3n) is 3.72. The molecule has 112 valence electrons. The van der Waals surface area contributed by atoms with Crippen LogP contribution in [0.3, 0.4) is 0 Å². The van der Waals surface area contributed by atoms with Crippen molar-refractivity contribution in [2.45, 2.75) is 33.2 Å². The number of hydrogen-bond acceptors (Lipinski definition) is 2. The van der Waals surface area contributed by atoms with Crippen molar-refractivity contribution in [1.29, 1.82) is 0 Å². The Bertz CT molecular complexity index is 453. The van der Waals surface area contributed by atoms with Crippen LogP contribution in [0.2, 0.25) is 0 Å². The number of rotatable bonds is 6. The number of aromatic nitrogens is 1. The van der Waals surface area contributed by atoms with Crippen molar-refractivity contribution in [1.82, 2.24) is 9.47 Å². The van der Waals surface area contributed by atoms with Gasteiger partial charge in [-0.3, -0.25) is 4.79 Å². The molecule has 1 aliphatic rings. The second kappa shape index (κ2) is 7.27. The van der Waals surface area contributed by atoms with Gasteiger partial charge in [-0.05, 0) is 41.8 Å². The molecule has 0 N–H and O–H groups in total. The second-order valence-corrected chi connectivity index (χ2v) is 6.23. The summed E-state index contributed by atoms with van der Waals surface area (Å²) >= 11 is 3.47. The number of amides is 1. The smallest absolute Gasteiger partial charge is 0.270 e. The lowest BCUT2D eigenvalue weighted by atomic mass is 10.1. The van der Waals surface area contributed by atoms with Gasteiger partial charge in [-0.2, -0.15) is 0 Å². The summed E-state index contributed by atoms with van der Waals surface area (Å²) in [7, 11) is 0. The molecule has 1 aromatic heterocycles. The average Bonchev–Trinajstić information content (AvgIpc) is 3.05. The van der Waals surface area contributed by atoms with Crippen molar-refractivity contribution in [2.24, 2.45) is 5.92 Å². The zero-order valence-electron chi connectivity index (χ0n) is 12.3. The van der Waals surface area contributed by atoms with Crippen LogP contribution in [-0.4, -0.2) is 41.7 Å². The molecule has 2 heterocycles. The molecular formula is C15H23BrN2O2. The summed E-state index contributed by atoms with van der Waals surface area (Å²) in [5.41, 5.74) is 0.777. The first-order valence-corrected chi connectivity index (χ1v) is 8.17. The molecule has 1 aliphatic heterocycles. The highest BCUT2D eigenvalue weighted by atomic mass is 79.9. The van der Waals surface area contributed by atoms with Crippen molar-refractivity contribution in [3.05, 3.63) is 22.4 Å². The summed E-state index contributed by atoms with van der Waals surface area (Å²) in [6.07, 6.45) is 4.07. The van der Waals surface area contributed by atoms with E-state index in [-0.39, 0.29) is 5.91 Å². The monoisotopic (exact) mass is 342 g/mol. The molecule has 1 aromatic rings. The van der Waals surface area contributed by atoms with E-state index in [1.54, 1.807) is 0 Å². The van der Waals surface area contributed by atoms with Crippen molar-refractivity contribution >= 4 is 21.8 Å². The molecule has 0 bridgehead atoms. The predicted octanol–water partition coefficient (Wildman–Crippen LogP) is 3.16. The largest absolute Gasteiger partial charge is 0.381 e. The lowest BCUT2D eigenvalue weighted by Gasteiger charge is -2.24. The van der Waals surface area contributed by atoms with E-state index in [4.69, 9.17) is 4.74 Å². The molecule has 4 nitrogen and oxygen atoms in total. The summed E-state index contributed by atoms with van der Waals surface area (Å²) < 4.78 is 8.41. The molecule has 0 radical (unpaired) electrons. The Kier molecular flexibility index (Phi) is 5.66. The SMILES string of the molecule is CCCn1cc(Br)cc1C(=O)N(CC)CC1CCOC1. The van der Waals surface area contributed by atoms with E-state index in [0.717, 1.165) is 55.9 Å². The second-order valence-electron chi connectivity index (χ2n) is 5.31. The fraction of sp³-hybridized carbons (Fsp3) is 0.667. The minimum Gasteiger partial charge on any atom is -0.381 e. The maximum atomic E-state index is 12.7. The topological polar surface area (TPSA) is 34.5 Å². The highest BCUT2D eigenvalue weighted by molar-refractivity contribution is 9.10. The first-order valence-electron chi connectivity index (χ1n) is 7.38. The van der Waals surface area contributed by atoms with Crippen molar-refractivity contribution in [2.75, 3.05) is 26.3 Å². The summed E-state index contributed by atoms with van der Waals surface area (Å²) in [6.45, 7) is 8.17. The fourth-order valence-electron chi connectivity index (χ4n) is 2.64. The van der Waals surface area contributed by atoms with E-state index in [9.17, 15) is 4.79 Å². The van der Waals surface area contributed by atoms with Gasteiger partial charge in [0.25, 0.3) is 5.91 Å². The van der Waals surface area contributed by atoms with Crippen molar-refractivity contribution in [3.63, 3.8) is 0 Å². The number of halogens is 1. The lowest BCUT2D eigenvalue weighted by molar-refractivity contribution is 0.0720. The van der Waals surface area contributed by atoms with E-state index in [2.05, 4.69) is 22.9 Å². The molecule has 0 aliphatic carbocycles. The van der Waals surface area contributed by atoms with Crippen molar-refractivity contribution < 1.29 is 9.53 Å². The first kappa shape index (κ1) is 15.6. The van der Waals surface area contributed by atoms with Gasteiger partial charge < -0.3 is 14.2 Å². The molecule has 0 spiro atoms. The normalized spacial score (nSPS) is 18.4. The molecule has 2 rings (SSSR count). The van der Waals surface area contributed by atoms with Gasteiger partial charge >= 0.3 is 0 Å². The average molecular weight is 343 g/mol. The van der Waals surface area contributed by atoms with E-state index in [1.165, 1.54) is 0 Å². The van der Waals surface area contributed by atoms with Gasteiger partial charge in [0.1, 0.15) is 5.69 Å². The number of hydrogen-bond donors (Lipinski definition) is 0. The summed E-state index contributed by atoms with van der Waals surface area (Å²) in [6, 6.07) is 1.92. The third kappa shape index (κ3) is 3.64. The van der Waals surface area contributed by atoms with Crippen molar-refractivity contribution in [3.8, 4) is 0 Å². The quantitative estimate of drug-likeness (QED) is 0.795. The Morgan fingerprint density at radius 3 is 2.95 bits per heavy atom. The van der Waals surface area contributed by atoms with Gasteiger partial charge in [-0.1, -0.05) is 6.92 Å². The molecule has 0 saturated carbocycles. The van der Waals surface area contributed by atoms with Gasteiger partial charge in [-0.15, -0.1) is 0 Å². The number of aryl methyl sites for hydroxylation is 1. The highest BCUT2D eigenvalue weighted by Gasteiger charge is 2.24. The molecular weight excluding hydrogens is 320 g/mol. The summed E-state index contributed by atoms with van der Waals surface area (Å²) in [5, 5.41) is 0. The molecule has 1 atom stereocenters. The predicted molar refractivity (Wildman–Crippen MR) is 82.9 cm³/mol. The number of carbonyl (C=O) groups excluding carboxylic acids is 1. The van der Waals surface area contributed by atoms with Crippen LogP contribution in [-0.2, 0) is 11.3 Å². The Morgan fingerprint density at radius 2 is 2.35 bits per heavy atom. The molecule has 1 unspecified atom stereocenters. The standard InChI is InChI=1S/C15H23BrN2O2/c1-3-6-18-10-13(16)8-14(18)15(19)17(4-2)9-12-5-7-20-11-12/h8,10,12H,3-7,9,11H2,1-2H3. The minimum atomic E-state index is 0.124. The van der Waals surface area contributed by atoms with Crippen LogP contribution in [0.4, 0.5) is 0 Å².